The lowest BCUT2D eigenvalue weighted by atomic mass is 9.99. The summed E-state index contributed by atoms with van der Waals surface area (Å²) < 4.78 is 0. The summed E-state index contributed by atoms with van der Waals surface area (Å²) >= 11 is 0. The molecule has 110 valence electrons. The van der Waals surface area contributed by atoms with Gasteiger partial charge in [-0.15, -0.1) is 0 Å². The molecule has 5 heteroatoms. The number of nitrogens with zero attached hydrogens (tertiary/aromatic N) is 1. The van der Waals surface area contributed by atoms with Gasteiger partial charge in [-0.25, -0.2) is 0 Å². The third-order valence-corrected chi connectivity index (χ3v) is 4.01. The first-order valence-electron chi connectivity index (χ1n) is 7.41. The van der Waals surface area contributed by atoms with Gasteiger partial charge in [-0.1, -0.05) is 12.5 Å². The van der Waals surface area contributed by atoms with Crippen molar-refractivity contribution in [3.05, 3.63) is 46.1 Å². The van der Waals surface area contributed by atoms with E-state index in [0.717, 1.165) is 42.4 Å². The number of aromatic amines is 1. The van der Waals surface area contributed by atoms with Crippen molar-refractivity contribution in [1.29, 1.82) is 0 Å². The van der Waals surface area contributed by atoms with E-state index in [-0.39, 0.29) is 10.6 Å². The Bertz CT molecular complexity index is 688. The van der Waals surface area contributed by atoms with E-state index in [1.165, 1.54) is 18.4 Å². The number of nitro groups is 1. The summed E-state index contributed by atoms with van der Waals surface area (Å²) in [6.45, 7) is 1.92. The molecular formula is C16H19N3O2. The van der Waals surface area contributed by atoms with Crippen molar-refractivity contribution in [2.45, 2.75) is 25.7 Å². The Kier molecular flexibility index (Phi) is 4.01. The smallest absolute Gasteiger partial charge is 0.270 e. The molecule has 0 aliphatic carbocycles. The minimum absolute atomic E-state index is 0.144. The first-order chi connectivity index (χ1) is 10.3. The fourth-order valence-corrected chi connectivity index (χ4v) is 2.87. The Hall–Kier alpha value is -2.14. The van der Waals surface area contributed by atoms with Crippen LogP contribution in [0.25, 0.3) is 16.5 Å². The van der Waals surface area contributed by atoms with E-state index in [1.807, 2.05) is 6.20 Å². The molecule has 1 aliphatic heterocycles. The molecule has 0 amide bonds. The van der Waals surface area contributed by atoms with Gasteiger partial charge in [0.1, 0.15) is 0 Å². The second-order valence-corrected chi connectivity index (χ2v) is 5.43. The Balaban J connectivity index is 2.01. The van der Waals surface area contributed by atoms with Crippen molar-refractivity contribution in [2.75, 3.05) is 13.1 Å². The average molecular weight is 285 g/mol. The van der Waals surface area contributed by atoms with Gasteiger partial charge in [0, 0.05) is 41.3 Å². The van der Waals surface area contributed by atoms with Gasteiger partial charge in [0.25, 0.3) is 5.69 Å². The molecule has 1 aromatic carbocycles. The Labute approximate surface area is 123 Å². The average Bonchev–Trinajstić information content (AvgIpc) is 2.94. The van der Waals surface area contributed by atoms with Gasteiger partial charge in [0.15, 0.2) is 0 Å². The fourth-order valence-electron chi connectivity index (χ4n) is 2.87. The van der Waals surface area contributed by atoms with Crippen LogP contribution in [0.4, 0.5) is 5.69 Å². The number of non-ortho nitro benzene ring substituents is 1. The number of hydrogen-bond acceptors (Lipinski definition) is 3. The molecule has 0 unspecified atom stereocenters. The second-order valence-electron chi connectivity index (χ2n) is 5.43. The molecule has 0 spiro atoms. The minimum atomic E-state index is -0.338. The SMILES string of the molecule is O=[N+]([O-])c1ccc2[nH]cc(/C3=C/CNCCCCC3)c2c1. The van der Waals surface area contributed by atoms with Crippen molar-refractivity contribution in [2.24, 2.45) is 0 Å². The highest BCUT2D eigenvalue weighted by Gasteiger charge is 2.13. The predicted octanol–water partition coefficient (Wildman–Crippen LogP) is 3.62. The number of rotatable bonds is 2. The van der Waals surface area contributed by atoms with Gasteiger partial charge in [-0.3, -0.25) is 10.1 Å². The zero-order chi connectivity index (χ0) is 14.7. The van der Waals surface area contributed by atoms with E-state index in [1.54, 1.807) is 18.2 Å². The Morgan fingerprint density at radius 3 is 2.95 bits per heavy atom. The molecule has 0 saturated heterocycles. The van der Waals surface area contributed by atoms with Gasteiger partial charge < -0.3 is 10.3 Å². The van der Waals surface area contributed by atoms with Gasteiger partial charge in [0.05, 0.1) is 4.92 Å². The van der Waals surface area contributed by atoms with Crippen LogP contribution in [0.1, 0.15) is 31.2 Å². The molecule has 0 atom stereocenters. The molecule has 0 fully saturated rings. The lowest BCUT2D eigenvalue weighted by Crippen LogP contribution is -2.14. The van der Waals surface area contributed by atoms with Gasteiger partial charge in [-0.2, -0.15) is 0 Å². The highest BCUT2D eigenvalue weighted by Crippen LogP contribution is 2.31. The third-order valence-electron chi connectivity index (χ3n) is 4.01. The lowest BCUT2D eigenvalue weighted by Gasteiger charge is -2.05. The zero-order valence-corrected chi connectivity index (χ0v) is 11.9. The van der Waals surface area contributed by atoms with E-state index in [9.17, 15) is 10.1 Å². The number of benzene rings is 1. The van der Waals surface area contributed by atoms with Crippen LogP contribution in [-0.2, 0) is 0 Å². The third kappa shape index (κ3) is 2.97. The van der Waals surface area contributed by atoms with Crippen molar-refractivity contribution in [1.82, 2.24) is 10.3 Å². The highest BCUT2D eigenvalue weighted by atomic mass is 16.6. The summed E-state index contributed by atoms with van der Waals surface area (Å²) in [5, 5.41) is 15.3. The van der Waals surface area contributed by atoms with Crippen molar-refractivity contribution < 1.29 is 4.92 Å². The number of hydrogen-bond donors (Lipinski definition) is 2. The lowest BCUT2D eigenvalue weighted by molar-refractivity contribution is -0.384. The van der Waals surface area contributed by atoms with Crippen molar-refractivity contribution in [3.8, 4) is 0 Å². The molecule has 0 saturated carbocycles. The molecule has 2 aromatic rings. The van der Waals surface area contributed by atoms with Crippen molar-refractivity contribution >= 4 is 22.2 Å². The molecule has 5 nitrogen and oxygen atoms in total. The number of allylic oxidation sites excluding steroid dienone is 1. The van der Waals surface area contributed by atoms with Gasteiger partial charge in [-0.05, 0) is 37.4 Å². The van der Waals surface area contributed by atoms with Crippen LogP contribution in [-0.4, -0.2) is 23.0 Å². The number of nitro benzene ring substituents is 1. The molecule has 1 aliphatic rings. The van der Waals surface area contributed by atoms with Crippen LogP contribution in [0.3, 0.4) is 0 Å². The maximum absolute atomic E-state index is 11.0. The molecule has 1 aromatic heterocycles. The topological polar surface area (TPSA) is 71.0 Å². The fraction of sp³-hybridized carbons (Fsp3) is 0.375. The van der Waals surface area contributed by atoms with Crippen LogP contribution >= 0.6 is 0 Å². The zero-order valence-electron chi connectivity index (χ0n) is 11.9. The van der Waals surface area contributed by atoms with E-state index in [2.05, 4.69) is 16.4 Å². The summed E-state index contributed by atoms with van der Waals surface area (Å²) in [4.78, 5) is 13.9. The quantitative estimate of drug-likeness (QED) is 0.654. The van der Waals surface area contributed by atoms with E-state index in [4.69, 9.17) is 0 Å². The van der Waals surface area contributed by atoms with Gasteiger partial charge in [0.2, 0.25) is 0 Å². The summed E-state index contributed by atoms with van der Waals surface area (Å²) in [6, 6.07) is 4.99. The normalized spacial score (nSPS) is 19.3. The summed E-state index contributed by atoms with van der Waals surface area (Å²) in [6.07, 6.45) is 8.80. The first kappa shape index (κ1) is 13.8. The largest absolute Gasteiger partial charge is 0.361 e. The van der Waals surface area contributed by atoms with Crippen LogP contribution < -0.4 is 5.32 Å². The van der Waals surface area contributed by atoms with E-state index >= 15 is 0 Å². The maximum atomic E-state index is 11.0. The van der Waals surface area contributed by atoms with Crippen LogP contribution in [0.5, 0.6) is 0 Å². The second kappa shape index (κ2) is 6.10. The summed E-state index contributed by atoms with van der Waals surface area (Å²) in [5.41, 5.74) is 3.46. The highest BCUT2D eigenvalue weighted by molar-refractivity contribution is 5.94. The number of nitrogens with one attached hydrogen (secondary N) is 2. The monoisotopic (exact) mass is 285 g/mol. The van der Waals surface area contributed by atoms with Crippen molar-refractivity contribution in [3.63, 3.8) is 0 Å². The summed E-state index contributed by atoms with van der Waals surface area (Å²) in [5.74, 6) is 0. The molecule has 2 heterocycles. The molecule has 2 N–H and O–H groups in total. The predicted molar refractivity (Wildman–Crippen MR) is 84.3 cm³/mol. The minimum Gasteiger partial charge on any atom is -0.361 e. The Morgan fingerprint density at radius 2 is 2.10 bits per heavy atom. The standard InChI is InChI=1S/C16H19N3O2/c20-19(21)13-5-6-16-14(10-13)15(11-18-16)12-4-2-1-3-8-17-9-7-12/h5-7,10-11,17-18H,1-4,8-9H2/b12-7+. The van der Waals surface area contributed by atoms with E-state index < -0.39 is 0 Å². The van der Waals surface area contributed by atoms with Crippen LogP contribution in [0, 0.1) is 10.1 Å². The molecule has 0 radical (unpaired) electrons. The number of fused-ring (bicyclic) bond motifs is 1. The first-order valence-corrected chi connectivity index (χ1v) is 7.41. The van der Waals surface area contributed by atoms with Crippen LogP contribution in [0.15, 0.2) is 30.5 Å². The number of H-pyrrole nitrogens is 1. The molecule has 0 bridgehead atoms. The molecule has 21 heavy (non-hydrogen) atoms. The van der Waals surface area contributed by atoms with E-state index in [0.29, 0.717) is 0 Å². The van der Waals surface area contributed by atoms with Crippen LogP contribution in [0.2, 0.25) is 0 Å². The number of aromatic nitrogens is 1. The molecule has 3 rings (SSSR count). The van der Waals surface area contributed by atoms with Gasteiger partial charge >= 0.3 is 0 Å². The maximum Gasteiger partial charge on any atom is 0.270 e. The Morgan fingerprint density at radius 1 is 1.19 bits per heavy atom. The summed E-state index contributed by atoms with van der Waals surface area (Å²) in [7, 11) is 0. The molecular weight excluding hydrogens is 266 g/mol.